The van der Waals surface area contributed by atoms with Gasteiger partial charge >= 0.3 is 12.1 Å². The van der Waals surface area contributed by atoms with E-state index in [4.69, 9.17) is 11.2 Å². The molecule has 3 aromatic carbocycles. The summed E-state index contributed by atoms with van der Waals surface area (Å²) < 4.78 is 5.83. The molecule has 0 aromatic heterocycles. The molecule has 1 aliphatic heterocycles. The van der Waals surface area contributed by atoms with Crippen LogP contribution >= 0.6 is 0 Å². The van der Waals surface area contributed by atoms with Crippen molar-refractivity contribution in [3.05, 3.63) is 95.6 Å². The Balaban J connectivity index is 1.29. The summed E-state index contributed by atoms with van der Waals surface area (Å²) in [4.78, 5) is 41.4. The maximum Gasteiger partial charge on any atom is 0.407 e. The quantitative estimate of drug-likeness (QED) is 0.352. The topological polar surface area (TPSA) is 99.2 Å². The van der Waals surface area contributed by atoms with Crippen molar-refractivity contribution in [1.82, 2.24) is 15.1 Å². The summed E-state index contributed by atoms with van der Waals surface area (Å²) in [6, 6.07) is 26.4. The number of terminal acetylenes is 1. The summed E-state index contributed by atoms with van der Waals surface area (Å²) in [7, 11) is 0. The molecule has 0 radical (unpaired) electrons. The SMILES string of the molecule is C#CCN(CC(=O)O)C(=O)CC1(NC(=O)OCC2c3ccccc3-c3ccccc32)CCN(Cc2ccccc2)CC1. The van der Waals surface area contributed by atoms with Crippen LogP contribution in [0.5, 0.6) is 0 Å². The highest BCUT2D eigenvalue weighted by Crippen LogP contribution is 2.44. The summed E-state index contributed by atoms with van der Waals surface area (Å²) in [6.45, 7) is 1.61. The molecule has 2 N–H and O–H groups in total. The van der Waals surface area contributed by atoms with Crippen LogP contribution in [0.1, 0.15) is 41.9 Å². The second-order valence-electron chi connectivity index (χ2n) is 11.0. The summed E-state index contributed by atoms with van der Waals surface area (Å²) in [6.07, 6.45) is 5.77. The Labute approximate surface area is 246 Å². The normalized spacial score (nSPS) is 15.6. The fourth-order valence-electron chi connectivity index (χ4n) is 6.08. The lowest BCUT2D eigenvalue weighted by Crippen LogP contribution is -2.57. The van der Waals surface area contributed by atoms with E-state index < -0.39 is 30.1 Å². The van der Waals surface area contributed by atoms with E-state index in [1.165, 1.54) is 5.56 Å². The molecule has 0 spiro atoms. The number of nitrogens with zero attached hydrogens (tertiary/aromatic N) is 2. The van der Waals surface area contributed by atoms with Gasteiger partial charge in [-0.25, -0.2) is 4.79 Å². The number of fused-ring (bicyclic) bond motifs is 3. The van der Waals surface area contributed by atoms with Gasteiger partial charge in [-0.1, -0.05) is 84.8 Å². The molecule has 8 nitrogen and oxygen atoms in total. The first-order chi connectivity index (χ1) is 20.4. The lowest BCUT2D eigenvalue weighted by molar-refractivity contribution is -0.144. The number of alkyl carbamates (subject to hydrolysis) is 1. The summed E-state index contributed by atoms with van der Waals surface area (Å²) in [5, 5.41) is 12.3. The maximum absolute atomic E-state index is 13.3. The first kappa shape index (κ1) is 28.9. The zero-order valence-electron chi connectivity index (χ0n) is 23.5. The molecule has 8 heteroatoms. The van der Waals surface area contributed by atoms with Gasteiger partial charge in [-0.05, 0) is 40.7 Å². The number of carboxylic acids is 1. The Morgan fingerprint density at radius 1 is 0.952 bits per heavy atom. The third-order valence-corrected chi connectivity index (χ3v) is 8.22. The van der Waals surface area contributed by atoms with Gasteiger partial charge < -0.3 is 20.1 Å². The molecule has 1 heterocycles. The molecule has 0 bridgehead atoms. The number of hydrogen-bond donors (Lipinski definition) is 2. The lowest BCUT2D eigenvalue weighted by atomic mass is 9.83. The van der Waals surface area contributed by atoms with Crippen molar-refractivity contribution in [2.45, 2.75) is 37.3 Å². The van der Waals surface area contributed by atoms with Gasteiger partial charge in [0.15, 0.2) is 0 Å². The second-order valence-corrected chi connectivity index (χ2v) is 11.0. The van der Waals surface area contributed by atoms with Crippen molar-refractivity contribution in [2.24, 2.45) is 0 Å². The number of aliphatic carboxylic acids is 1. The minimum Gasteiger partial charge on any atom is -0.480 e. The minimum absolute atomic E-state index is 0.0642. The number of carbonyl (C=O) groups excluding carboxylic acids is 2. The molecular formula is C34H35N3O5. The average Bonchev–Trinajstić information content (AvgIpc) is 3.31. The monoisotopic (exact) mass is 565 g/mol. The van der Waals surface area contributed by atoms with Crippen LogP contribution in [0.25, 0.3) is 11.1 Å². The average molecular weight is 566 g/mol. The first-order valence-electron chi connectivity index (χ1n) is 14.2. The van der Waals surface area contributed by atoms with Gasteiger partial charge in [-0.15, -0.1) is 6.42 Å². The molecule has 1 saturated heterocycles. The predicted octanol–water partition coefficient (Wildman–Crippen LogP) is 4.50. The van der Waals surface area contributed by atoms with Crippen LogP contribution in [-0.2, 0) is 20.9 Å². The molecule has 42 heavy (non-hydrogen) atoms. The van der Waals surface area contributed by atoms with Gasteiger partial charge in [0.1, 0.15) is 13.2 Å². The van der Waals surface area contributed by atoms with Crippen molar-refractivity contribution in [3.63, 3.8) is 0 Å². The molecule has 0 unspecified atom stereocenters. The third kappa shape index (κ3) is 6.64. The number of nitrogens with one attached hydrogen (secondary N) is 1. The van der Waals surface area contributed by atoms with Gasteiger partial charge in [0.25, 0.3) is 0 Å². The number of piperidine rings is 1. The summed E-state index contributed by atoms with van der Waals surface area (Å²) in [5.41, 5.74) is 4.81. The van der Waals surface area contributed by atoms with E-state index in [1.807, 2.05) is 42.5 Å². The lowest BCUT2D eigenvalue weighted by Gasteiger charge is -2.42. The summed E-state index contributed by atoms with van der Waals surface area (Å²) in [5.74, 6) is 0.725. The first-order valence-corrected chi connectivity index (χ1v) is 14.2. The van der Waals surface area contributed by atoms with Gasteiger partial charge in [-0.3, -0.25) is 14.5 Å². The Hall–Kier alpha value is -4.61. The van der Waals surface area contributed by atoms with E-state index in [0.717, 1.165) is 33.7 Å². The molecule has 1 fully saturated rings. The molecular weight excluding hydrogens is 530 g/mol. The van der Waals surface area contributed by atoms with Crippen LogP contribution < -0.4 is 5.32 Å². The number of likely N-dealkylation sites (tertiary alicyclic amines) is 1. The van der Waals surface area contributed by atoms with E-state index in [2.05, 4.69) is 52.5 Å². The van der Waals surface area contributed by atoms with Crippen molar-refractivity contribution < 1.29 is 24.2 Å². The molecule has 5 rings (SSSR count). The molecule has 1 aliphatic carbocycles. The largest absolute Gasteiger partial charge is 0.480 e. The smallest absolute Gasteiger partial charge is 0.407 e. The van der Waals surface area contributed by atoms with Crippen molar-refractivity contribution >= 4 is 18.0 Å². The predicted molar refractivity (Wildman–Crippen MR) is 160 cm³/mol. The van der Waals surface area contributed by atoms with E-state index in [-0.39, 0.29) is 25.5 Å². The number of rotatable bonds is 10. The number of amides is 2. The van der Waals surface area contributed by atoms with Crippen LogP contribution in [0.15, 0.2) is 78.9 Å². The van der Waals surface area contributed by atoms with E-state index in [9.17, 15) is 19.5 Å². The molecule has 2 amide bonds. The van der Waals surface area contributed by atoms with Gasteiger partial charge in [0.05, 0.1) is 18.5 Å². The van der Waals surface area contributed by atoms with Crippen molar-refractivity contribution in [1.29, 1.82) is 0 Å². The van der Waals surface area contributed by atoms with Crippen LogP contribution in [-0.4, -0.2) is 71.2 Å². The second kappa shape index (κ2) is 12.9. The van der Waals surface area contributed by atoms with Crippen molar-refractivity contribution in [3.8, 4) is 23.5 Å². The fourth-order valence-corrected chi connectivity index (χ4v) is 6.08. The Morgan fingerprint density at radius 2 is 1.55 bits per heavy atom. The standard InChI is InChI=1S/C34H35N3O5/c1-2-18-37(23-32(39)40)31(38)21-34(16-19-36(20-17-34)22-25-10-4-3-5-11-25)35-33(41)42-24-30-28-14-8-6-12-26(28)27-13-7-9-15-29(27)30/h1,3-15,30H,16-24H2,(H,35,41)(H,39,40). The minimum atomic E-state index is -1.14. The Kier molecular flexibility index (Phi) is 8.89. The maximum atomic E-state index is 13.3. The highest BCUT2D eigenvalue weighted by atomic mass is 16.5. The van der Waals surface area contributed by atoms with Gasteiger partial charge in [-0.2, -0.15) is 0 Å². The number of ether oxygens (including phenoxy) is 1. The highest BCUT2D eigenvalue weighted by Gasteiger charge is 2.40. The molecule has 3 aromatic rings. The zero-order valence-corrected chi connectivity index (χ0v) is 23.5. The van der Waals surface area contributed by atoms with Gasteiger partial charge in [0, 0.05) is 25.6 Å². The molecule has 2 aliphatic rings. The van der Waals surface area contributed by atoms with E-state index in [0.29, 0.717) is 25.9 Å². The van der Waals surface area contributed by atoms with E-state index in [1.54, 1.807) is 0 Å². The number of carboxylic acid groups (broad SMARTS) is 1. The van der Waals surface area contributed by atoms with E-state index >= 15 is 0 Å². The van der Waals surface area contributed by atoms with Crippen LogP contribution in [0.3, 0.4) is 0 Å². The van der Waals surface area contributed by atoms with Crippen molar-refractivity contribution in [2.75, 3.05) is 32.8 Å². The van der Waals surface area contributed by atoms with Gasteiger partial charge in [0.2, 0.25) is 5.91 Å². The zero-order chi connectivity index (χ0) is 29.5. The van der Waals surface area contributed by atoms with Crippen LogP contribution in [0.4, 0.5) is 4.79 Å². The number of carbonyl (C=O) groups is 3. The Bertz CT molecular complexity index is 1430. The third-order valence-electron chi connectivity index (χ3n) is 8.22. The molecule has 0 atom stereocenters. The number of benzene rings is 3. The number of hydrogen-bond acceptors (Lipinski definition) is 5. The summed E-state index contributed by atoms with van der Waals surface area (Å²) >= 11 is 0. The highest BCUT2D eigenvalue weighted by molar-refractivity contribution is 5.83. The van der Waals surface area contributed by atoms with Crippen LogP contribution in [0.2, 0.25) is 0 Å². The molecule has 0 saturated carbocycles. The Morgan fingerprint density at radius 3 is 2.14 bits per heavy atom. The van der Waals surface area contributed by atoms with Crippen LogP contribution in [0, 0.1) is 12.3 Å². The molecule has 216 valence electrons. The fraction of sp³-hybridized carbons (Fsp3) is 0.324.